The number of ether oxygens (including phenoxy) is 2. The molecule has 0 spiro atoms. The van der Waals surface area contributed by atoms with E-state index in [1.807, 2.05) is 0 Å². The molecular formula is C10H10BrF2NO2. The Morgan fingerprint density at radius 1 is 1.62 bits per heavy atom. The van der Waals surface area contributed by atoms with E-state index in [1.54, 1.807) is 6.07 Å². The van der Waals surface area contributed by atoms with Gasteiger partial charge in [-0.25, -0.2) is 13.8 Å². The van der Waals surface area contributed by atoms with Crippen molar-refractivity contribution in [2.45, 2.75) is 12.3 Å². The molecule has 1 heterocycles. The minimum atomic E-state index is -2.55. The quantitative estimate of drug-likeness (QED) is 0.800. The number of hydrogen-bond donors (Lipinski definition) is 0. The lowest BCUT2D eigenvalue weighted by molar-refractivity contribution is 0.0855. The highest BCUT2D eigenvalue weighted by Gasteiger charge is 2.57. The van der Waals surface area contributed by atoms with Crippen molar-refractivity contribution in [2.75, 3.05) is 13.7 Å². The van der Waals surface area contributed by atoms with Crippen LogP contribution in [-0.2, 0) is 0 Å². The second-order valence-electron chi connectivity index (χ2n) is 3.64. The first kappa shape index (κ1) is 11.6. The van der Waals surface area contributed by atoms with Gasteiger partial charge < -0.3 is 9.47 Å². The van der Waals surface area contributed by atoms with Crippen molar-refractivity contribution in [3.05, 3.63) is 16.9 Å². The Morgan fingerprint density at radius 2 is 2.31 bits per heavy atom. The van der Waals surface area contributed by atoms with Gasteiger partial charge in [0.1, 0.15) is 10.4 Å². The van der Waals surface area contributed by atoms with E-state index in [2.05, 4.69) is 20.9 Å². The van der Waals surface area contributed by atoms with E-state index in [1.165, 1.54) is 13.3 Å². The third-order valence-corrected chi connectivity index (χ3v) is 3.00. The Kier molecular flexibility index (Phi) is 3.01. The number of pyridine rings is 1. The monoisotopic (exact) mass is 293 g/mol. The summed E-state index contributed by atoms with van der Waals surface area (Å²) in [5, 5.41) is 0. The highest BCUT2D eigenvalue weighted by molar-refractivity contribution is 9.10. The molecule has 0 aliphatic heterocycles. The maximum Gasteiger partial charge on any atom is 0.255 e. The van der Waals surface area contributed by atoms with Crippen LogP contribution < -0.4 is 9.47 Å². The van der Waals surface area contributed by atoms with Gasteiger partial charge in [0.2, 0.25) is 0 Å². The molecule has 1 unspecified atom stereocenters. The number of aromatic nitrogens is 1. The summed E-state index contributed by atoms with van der Waals surface area (Å²) in [6.45, 7) is 0.0134. The molecule has 0 N–H and O–H groups in total. The molecule has 0 amide bonds. The molecule has 1 aliphatic carbocycles. The van der Waals surface area contributed by atoms with Crippen LogP contribution in [0.3, 0.4) is 0 Å². The highest BCUT2D eigenvalue weighted by Crippen LogP contribution is 2.48. The van der Waals surface area contributed by atoms with Crippen LogP contribution in [0, 0.1) is 5.92 Å². The molecule has 2 rings (SSSR count). The van der Waals surface area contributed by atoms with Gasteiger partial charge in [-0.05, 0) is 15.9 Å². The number of hydrogen-bond acceptors (Lipinski definition) is 3. The van der Waals surface area contributed by atoms with Crippen molar-refractivity contribution in [1.82, 2.24) is 4.98 Å². The highest BCUT2D eigenvalue weighted by atomic mass is 79.9. The summed E-state index contributed by atoms with van der Waals surface area (Å²) in [6, 6.07) is 1.61. The lowest BCUT2D eigenvalue weighted by atomic mass is 10.4. The first-order valence-electron chi connectivity index (χ1n) is 4.73. The molecule has 6 heteroatoms. The zero-order valence-electron chi connectivity index (χ0n) is 8.54. The third-order valence-electron chi connectivity index (χ3n) is 2.41. The van der Waals surface area contributed by atoms with E-state index in [9.17, 15) is 8.78 Å². The Balaban J connectivity index is 1.95. The summed E-state index contributed by atoms with van der Waals surface area (Å²) in [6.07, 6.45) is 1.38. The molecule has 16 heavy (non-hydrogen) atoms. The molecule has 0 saturated heterocycles. The van der Waals surface area contributed by atoms with Crippen LogP contribution in [0.2, 0.25) is 0 Å². The lowest BCUT2D eigenvalue weighted by Gasteiger charge is -2.07. The second-order valence-corrected chi connectivity index (χ2v) is 4.39. The van der Waals surface area contributed by atoms with Gasteiger partial charge in [0.15, 0.2) is 5.75 Å². The zero-order chi connectivity index (χ0) is 11.8. The van der Waals surface area contributed by atoms with Crippen molar-refractivity contribution >= 4 is 15.9 Å². The topological polar surface area (TPSA) is 31.4 Å². The fraction of sp³-hybridized carbons (Fsp3) is 0.500. The standard InChI is InChI=1S/C10H10BrF2NO2/c1-15-8-2-7(4-14-9(8)11)16-5-6-3-10(6,12)13/h2,4,6H,3,5H2,1H3. The maximum absolute atomic E-state index is 12.6. The lowest BCUT2D eigenvalue weighted by Crippen LogP contribution is -2.06. The summed E-state index contributed by atoms with van der Waals surface area (Å²) < 4.78 is 35.9. The first-order chi connectivity index (χ1) is 7.53. The van der Waals surface area contributed by atoms with E-state index >= 15 is 0 Å². The molecule has 1 saturated carbocycles. The molecule has 3 nitrogen and oxygen atoms in total. The molecule has 88 valence electrons. The van der Waals surface area contributed by atoms with Crippen molar-refractivity contribution in [2.24, 2.45) is 5.92 Å². The van der Waals surface area contributed by atoms with Gasteiger partial charge in [0.25, 0.3) is 5.92 Å². The minimum Gasteiger partial charge on any atom is -0.494 e. The average molecular weight is 294 g/mol. The fourth-order valence-electron chi connectivity index (χ4n) is 1.28. The summed E-state index contributed by atoms with van der Waals surface area (Å²) in [5.41, 5.74) is 0. The van der Waals surface area contributed by atoms with Gasteiger partial charge in [-0.2, -0.15) is 0 Å². The SMILES string of the molecule is COc1cc(OCC2CC2(F)F)cnc1Br. The van der Waals surface area contributed by atoms with Gasteiger partial charge in [0.05, 0.1) is 25.8 Å². The molecule has 0 aromatic carbocycles. The van der Waals surface area contributed by atoms with E-state index in [4.69, 9.17) is 9.47 Å². The summed E-state index contributed by atoms with van der Waals surface area (Å²) >= 11 is 3.19. The van der Waals surface area contributed by atoms with Crippen LogP contribution in [0.15, 0.2) is 16.9 Å². The second kappa shape index (κ2) is 4.16. The molecule has 1 aromatic rings. The van der Waals surface area contributed by atoms with Crippen LogP contribution in [0.25, 0.3) is 0 Å². The Hall–Kier alpha value is -0.910. The number of alkyl halides is 2. The van der Waals surface area contributed by atoms with Gasteiger partial charge in [-0.1, -0.05) is 0 Å². The van der Waals surface area contributed by atoms with E-state index in [0.29, 0.717) is 16.1 Å². The first-order valence-corrected chi connectivity index (χ1v) is 5.52. The van der Waals surface area contributed by atoms with Crippen LogP contribution in [-0.4, -0.2) is 24.6 Å². The number of halogens is 3. The molecule has 1 aromatic heterocycles. The molecule has 0 bridgehead atoms. The van der Waals surface area contributed by atoms with Crippen molar-refractivity contribution in [3.8, 4) is 11.5 Å². The van der Waals surface area contributed by atoms with Gasteiger partial charge >= 0.3 is 0 Å². The normalized spacial score (nSPS) is 21.6. The van der Waals surface area contributed by atoms with E-state index in [0.717, 1.165) is 0 Å². The molecule has 0 radical (unpaired) electrons. The Labute approximate surface area is 99.9 Å². The van der Waals surface area contributed by atoms with Crippen molar-refractivity contribution < 1.29 is 18.3 Å². The molecular weight excluding hydrogens is 284 g/mol. The number of rotatable bonds is 4. The molecule has 1 atom stereocenters. The van der Waals surface area contributed by atoms with E-state index < -0.39 is 11.8 Å². The Morgan fingerprint density at radius 3 is 2.88 bits per heavy atom. The predicted molar refractivity (Wildman–Crippen MR) is 57.0 cm³/mol. The molecule has 1 aliphatic rings. The van der Waals surface area contributed by atoms with Crippen LogP contribution in [0.1, 0.15) is 6.42 Å². The number of methoxy groups -OCH3 is 1. The van der Waals surface area contributed by atoms with Gasteiger partial charge in [-0.3, -0.25) is 0 Å². The molecule has 1 fully saturated rings. The minimum absolute atomic E-state index is 0.0134. The van der Waals surface area contributed by atoms with E-state index in [-0.39, 0.29) is 13.0 Å². The van der Waals surface area contributed by atoms with Gasteiger partial charge in [-0.15, -0.1) is 0 Å². The number of nitrogens with zero attached hydrogens (tertiary/aromatic N) is 1. The third kappa shape index (κ3) is 2.42. The largest absolute Gasteiger partial charge is 0.494 e. The van der Waals surface area contributed by atoms with Crippen LogP contribution in [0.4, 0.5) is 8.78 Å². The fourth-order valence-corrected chi connectivity index (χ4v) is 1.66. The summed E-state index contributed by atoms with van der Waals surface area (Å²) in [7, 11) is 1.50. The summed E-state index contributed by atoms with van der Waals surface area (Å²) in [4.78, 5) is 3.96. The van der Waals surface area contributed by atoms with Crippen LogP contribution in [0.5, 0.6) is 11.5 Å². The van der Waals surface area contributed by atoms with Gasteiger partial charge in [0, 0.05) is 12.5 Å². The Bertz CT molecular complexity index is 400. The van der Waals surface area contributed by atoms with Crippen molar-refractivity contribution in [1.29, 1.82) is 0 Å². The summed E-state index contributed by atoms with van der Waals surface area (Å²) in [5.74, 6) is -2.27. The zero-order valence-corrected chi connectivity index (χ0v) is 10.1. The maximum atomic E-state index is 12.6. The predicted octanol–water partition coefficient (Wildman–Crippen LogP) is 2.89. The smallest absolute Gasteiger partial charge is 0.255 e. The van der Waals surface area contributed by atoms with Crippen molar-refractivity contribution in [3.63, 3.8) is 0 Å². The van der Waals surface area contributed by atoms with Crippen LogP contribution >= 0.6 is 15.9 Å². The average Bonchev–Trinajstić information content (AvgIpc) is 2.85.